The molecule has 2 fully saturated rings. The van der Waals surface area contributed by atoms with Gasteiger partial charge in [-0.25, -0.2) is 19.3 Å². The Bertz CT molecular complexity index is 610. The van der Waals surface area contributed by atoms with Crippen molar-refractivity contribution in [2.24, 2.45) is 0 Å². The molecule has 1 unspecified atom stereocenters. The van der Waals surface area contributed by atoms with Crippen LogP contribution in [-0.2, 0) is 30.0 Å². The van der Waals surface area contributed by atoms with E-state index in [1.165, 1.54) is 4.90 Å². The van der Waals surface area contributed by atoms with Crippen molar-refractivity contribution in [2.75, 3.05) is 19.7 Å². The van der Waals surface area contributed by atoms with Crippen LogP contribution in [0.1, 0.15) is 33.6 Å². The van der Waals surface area contributed by atoms with Crippen molar-refractivity contribution in [3.8, 4) is 0 Å². The van der Waals surface area contributed by atoms with Crippen molar-refractivity contribution in [2.45, 2.75) is 51.3 Å². The third-order valence-corrected chi connectivity index (χ3v) is 4.09. The molecule has 0 saturated carbocycles. The van der Waals surface area contributed by atoms with E-state index in [4.69, 9.17) is 9.57 Å². The second kappa shape index (κ2) is 8.82. The van der Waals surface area contributed by atoms with E-state index in [1.54, 1.807) is 20.8 Å². The highest BCUT2D eigenvalue weighted by molar-refractivity contribution is 7.74. The fourth-order valence-electron chi connectivity index (χ4n) is 2.78. The Morgan fingerprint density at radius 2 is 2.04 bits per heavy atom. The van der Waals surface area contributed by atoms with Crippen molar-refractivity contribution >= 4 is 29.4 Å². The molecule has 2 aliphatic rings. The second-order valence-electron chi connectivity index (χ2n) is 7.03. The zero-order chi connectivity index (χ0) is 20.2. The van der Waals surface area contributed by atoms with Crippen LogP contribution in [0.5, 0.6) is 0 Å². The Labute approximate surface area is 158 Å². The lowest BCUT2D eigenvalue weighted by molar-refractivity contribution is -0.138. The highest BCUT2D eigenvalue weighted by Crippen LogP contribution is 2.30. The summed E-state index contributed by atoms with van der Waals surface area (Å²) in [6.45, 7) is 5.50. The Morgan fingerprint density at radius 1 is 1.33 bits per heavy atom. The minimum Gasteiger partial charge on any atom is -0.748 e. The third-order valence-electron chi connectivity index (χ3n) is 3.81. The van der Waals surface area contributed by atoms with Gasteiger partial charge in [-0.1, -0.05) is 0 Å². The zero-order valence-electron chi connectivity index (χ0n) is 15.3. The van der Waals surface area contributed by atoms with Gasteiger partial charge in [0.15, 0.2) is 0 Å². The van der Waals surface area contributed by atoms with Crippen molar-refractivity contribution < 1.29 is 37.0 Å². The van der Waals surface area contributed by atoms with E-state index >= 15 is 0 Å². The molecule has 0 aromatic heterocycles. The summed E-state index contributed by atoms with van der Waals surface area (Å²) in [5.74, 6) is -0.538. The molecule has 2 saturated heterocycles. The number of hydrogen-bond donors (Lipinski definition) is 2. The number of rotatable bonds is 7. The minimum atomic E-state index is -2.87. The first-order chi connectivity index (χ1) is 12.6. The first-order valence-corrected chi connectivity index (χ1v) is 9.34. The number of piperidine rings is 1. The fraction of sp³-hybridized carbons (Fsp3) is 0.786. The molecule has 13 heteroatoms. The molecule has 154 valence electrons. The molecular formula is C14H23N4O8S-. The van der Waals surface area contributed by atoms with Crippen LogP contribution in [0.4, 0.5) is 9.59 Å². The van der Waals surface area contributed by atoms with E-state index in [2.05, 4.69) is 15.1 Å². The van der Waals surface area contributed by atoms with Gasteiger partial charge in [-0.05, 0) is 33.6 Å². The van der Waals surface area contributed by atoms with Gasteiger partial charge in [0.1, 0.15) is 23.0 Å². The molecule has 0 aromatic carbocycles. The zero-order valence-corrected chi connectivity index (χ0v) is 16.1. The normalized spacial score (nSPS) is 23.2. The van der Waals surface area contributed by atoms with Crippen molar-refractivity contribution in [3.05, 3.63) is 0 Å². The molecular weight excluding hydrogens is 384 g/mol. The molecule has 2 N–H and O–H groups in total. The molecule has 0 spiro atoms. The molecule has 4 amide bonds. The fourth-order valence-corrected chi connectivity index (χ4v) is 3.09. The number of hydrogen-bond acceptors (Lipinski definition) is 8. The summed E-state index contributed by atoms with van der Waals surface area (Å²) in [5, 5.41) is 3.23. The van der Waals surface area contributed by atoms with E-state index < -0.39 is 47.1 Å². The van der Waals surface area contributed by atoms with Crippen LogP contribution in [0.25, 0.3) is 0 Å². The van der Waals surface area contributed by atoms with Crippen molar-refractivity contribution in [3.63, 3.8) is 0 Å². The Hall–Kier alpha value is -1.96. The maximum Gasteiger partial charge on any atom is 0.407 e. The largest absolute Gasteiger partial charge is 0.748 e. The minimum absolute atomic E-state index is 0.00132. The van der Waals surface area contributed by atoms with E-state index in [9.17, 15) is 23.1 Å². The highest BCUT2D eigenvalue weighted by atomic mass is 32.2. The van der Waals surface area contributed by atoms with Gasteiger partial charge in [-0.15, -0.1) is 0 Å². The van der Waals surface area contributed by atoms with E-state index in [0.717, 1.165) is 5.06 Å². The topological polar surface area (TPSA) is 150 Å². The third kappa shape index (κ3) is 6.02. The summed E-state index contributed by atoms with van der Waals surface area (Å²) in [6, 6.07) is -1.90. The predicted molar refractivity (Wildman–Crippen MR) is 89.1 cm³/mol. The summed E-state index contributed by atoms with van der Waals surface area (Å²) in [6.07, 6.45) is 0.152. The number of fused-ring (bicyclic) bond motifs is 2. The van der Waals surface area contributed by atoms with Gasteiger partial charge in [0, 0.05) is 13.1 Å². The molecule has 27 heavy (non-hydrogen) atoms. The molecule has 0 aromatic rings. The average molecular weight is 407 g/mol. The van der Waals surface area contributed by atoms with E-state index in [-0.39, 0.29) is 19.7 Å². The number of amides is 4. The average Bonchev–Trinajstić information content (AvgIpc) is 2.77. The quantitative estimate of drug-likeness (QED) is 0.327. The molecule has 2 bridgehead atoms. The molecule has 0 aliphatic carbocycles. The molecule has 2 heterocycles. The lowest BCUT2D eigenvalue weighted by Crippen LogP contribution is -2.50. The number of carbonyl (C=O) groups excluding carboxylic acids is 3. The van der Waals surface area contributed by atoms with Gasteiger partial charge < -0.3 is 19.5 Å². The van der Waals surface area contributed by atoms with Gasteiger partial charge >= 0.3 is 12.1 Å². The standard InChI is InChI=1S/C14H24N4O8S/c1-14(2,3)25-12(20)15-6-7-24-16-11(19)10-5-4-9-8-17(10)13(21)18(9)26-27(22)23/h9-10H,4-8H2,1-3H3,(H,15,20)(H,16,19)(H,22,23)/p-1/t9-,10+/m1/s1. The number of urea groups is 1. The lowest BCUT2D eigenvalue weighted by Gasteiger charge is -2.28. The van der Waals surface area contributed by atoms with Crippen LogP contribution >= 0.6 is 0 Å². The lowest BCUT2D eigenvalue weighted by atomic mass is 10.0. The van der Waals surface area contributed by atoms with Gasteiger partial charge in [0.2, 0.25) is 0 Å². The number of nitrogens with zero attached hydrogens (tertiary/aromatic N) is 2. The molecule has 2 rings (SSSR count). The van der Waals surface area contributed by atoms with E-state index in [1.807, 2.05) is 0 Å². The number of alkyl carbamates (subject to hydrolysis) is 1. The molecule has 12 nitrogen and oxygen atoms in total. The highest BCUT2D eigenvalue weighted by Gasteiger charge is 2.48. The molecule has 3 atom stereocenters. The van der Waals surface area contributed by atoms with Crippen molar-refractivity contribution in [1.82, 2.24) is 20.8 Å². The first-order valence-electron chi connectivity index (χ1n) is 8.34. The predicted octanol–water partition coefficient (Wildman–Crippen LogP) is -0.447. The van der Waals surface area contributed by atoms with Crippen molar-refractivity contribution in [1.29, 1.82) is 0 Å². The van der Waals surface area contributed by atoms with Gasteiger partial charge in [-0.3, -0.25) is 9.63 Å². The summed E-state index contributed by atoms with van der Waals surface area (Å²) < 4.78 is 30.8. The Morgan fingerprint density at radius 3 is 2.67 bits per heavy atom. The molecule has 0 radical (unpaired) electrons. The number of nitrogens with one attached hydrogen (secondary N) is 2. The van der Waals surface area contributed by atoms with Crippen LogP contribution in [0.3, 0.4) is 0 Å². The van der Waals surface area contributed by atoms with Crippen LogP contribution in [0.15, 0.2) is 0 Å². The first kappa shape index (κ1) is 21.3. The second-order valence-corrected chi connectivity index (χ2v) is 7.59. The summed E-state index contributed by atoms with van der Waals surface area (Å²) in [7, 11) is 0. The number of carbonyl (C=O) groups is 3. The smallest absolute Gasteiger partial charge is 0.407 e. The maximum absolute atomic E-state index is 12.2. The van der Waals surface area contributed by atoms with Crippen LogP contribution < -0.4 is 10.8 Å². The van der Waals surface area contributed by atoms with Crippen LogP contribution in [0.2, 0.25) is 0 Å². The summed E-state index contributed by atoms with van der Waals surface area (Å²) >= 11 is -2.87. The SMILES string of the molecule is CC(C)(C)OC(=O)NCCONC(=O)[C@@H]1CC[C@@H]2CN1C(=O)N2OS(=O)[O-]. The number of hydroxylamine groups is 3. The van der Waals surface area contributed by atoms with Gasteiger partial charge in [0.05, 0.1) is 12.6 Å². The Kier molecular flexibility index (Phi) is 6.97. The van der Waals surface area contributed by atoms with Gasteiger partial charge in [0.25, 0.3) is 5.91 Å². The van der Waals surface area contributed by atoms with E-state index in [0.29, 0.717) is 12.8 Å². The maximum atomic E-state index is 12.2. The van der Waals surface area contributed by atoms with Crippen LogP contribution in [-0.4, -0.2) is 74.1 Å². The Balaban J connectivity index is 1.72. The summed E-state index contributed by atoms with van der Waals surface area (Å²) in [5.41, 5.74) is 1.61. The molecule has 2 aliphatic heterocycles. The number of ether oxygens (including phenoxy) is 1. The summed E-state index contributed by atoms with van der Waals surface area (Å²) in [4.78, 5) is 42.1. The van der Waals surface area contributed by atoms with Gasteiger partial charge in [-0.2, -0.15) is 9.35 Å². The van der Waals surface area contributed by atoms with Crippen LogP contribution in [0, 0.1) is 0 Å². The monoisotopic (exact) mass is 407 g/mol.